The summed E-state index contributed by atoms with van der Waals surface area (Å²) in [5, 5.41) is 7.56. The molecule has 0 aliphatic carbocycles. The van der Waals surface area contributed by atoms with Crippen LogP contribution in [0.1, 0.15) is 26.3 Å². The SMILES string of the molecule is COc1cc(-n2nnn(C)c2=O)cc(C(C)(C)C)c1. The van der Waals surface area contributed by atoms with E-state index in [9.17, 15) is 4.79 Å². The molecule has 0 spiro atoms. The second kappa shape index (κ2) is 4.53. The molecular weight excluding hydrogens is 244 g/mol. The molecule has 0 aliphatic rings. The summed E-state index contributed by atoms with van der Waals surface area (Å²) in [4.78, 5) is 11.9. The van der Waals surface area contributed by atoms with Gasteiger partial charge in [-0.25, -0.2) is 4.79 Å². The fourth-order valence-corrected chi connectivity index (χ4v) is 1.73. The molecule has 2 aromatic rings. The van der Waals surface area contributed by atoms with E-state index in [-0.39, 0.29) is 11.1 Å². The molecule has 19 heavy (non-hydrogen) atoms. The molecule has 0 saturated carbocycles. The molecule has 102 valence electrons. The van der Waals surface area contributed by atoms with Crippen molar-refractivity contribution < 1.29 is 4.74 Å². The van der Waals surface area contributed by atoms with Crippen LogP contribution in [-0.4, -0.2) is 26.9 Å². The zero-order chi connectivity index (χ0) is 14.2. The lowest BCUT2D eigenvalue weighted by molar-refractivity contribution is 0.412. The summed E-state index contributed by atoms with van der Waals surface area (Å²) >= 11 is 0. The highest BCUT2D eigenvalue weighted by molar-refractivity contribution is 5.44. The number of hydrogen-bond acceptors (Lipinski definition) is 4. The van der Waals surface area contributed by atoms with E-state index in [0.717, 1.165) is 5.56 Å². The first-order valence-electron chi connectivity index (χ1n) is 6.02. The van der Waals surface area contributed by atoms with Crippen LogP contribution in [0, 0.1) is 0 Å². The Balaban J connectivity index is 2.64. The fraction of sp³-hybridized carbons (Fsp3) is 0.462. The number of rotatable bonds is 2. The molecule has 0 aliphatic heterocycles. The van der Waals surface area contributed by atoms with Gasteiger partial charge in [0, 0.05) is 13.1 Å². The van der Waals surface area contributed by atoms with Crippen molar-refractivity contribution in [3.63, 3.8) is 0 Å². The average Bonchev–Trinajstić information content (AvgIpc) is 2.68. The molecule has 0 fully saturated rings. The summed E-state index contributed by atoms with van der Waals surface area (Å²) < 4.78 is 7.74. The van der Waals surface area contributed by atoms with Crippen molar-refractivity contribution >= 4 is 0 Å². The maximum Gasteiger partial charge on any atom is 0.368 e. The van der Waals surface area contributed by atoms with Gasteiger partial charge in [-0.1, -0.05) is 20.8 Å². The van der Waals surface area contributed by atoms with Gasteiger partial charge in [-0.15, -0.1) is 0 Å². The molecule has 0 unspecified atom stereocenters. The number of ether oxygens (including phenoxy) is 1. The molecule has 1 aromatic carbocycles. The van der Waals surface area contributed by atoms with Crippen molar-refractivity contribution in [2.45, 2.75) is 26.2 Å². The Kier molecular flexibility index (Phi) is 3.18. The number of aryl methyl sites for hydroxylation is 1. The second-order valence-electron chi connectivity index (χ2n) is 5.47. The number of methoxy groups -OCH3 is 1. The molecule has 0 atom stereocenters. The van der Waals surface area contributed by atoms with E-state index >= 15 is 0 Å². The molecule has 0 saturated heterocycles. The quantitative estimate of drug-likeness (QED) is 0.817. The Morgan fingerprint density at radius 2 is 1.84 bits per heavy atom. The van der Waals surface area contributed by atoms with Gasteiger partial charge < -0.3 is 4.74 Å². The Hall–Kier alpha value is -2.11. The number of nitrogens with zero attached hydrogens (tertiary/aromatic N) is 4. The number of hydrogen-bond donors (Lipinski definition) is 0. The van der Waals surface area contributed by atoms with Crippen LogP contribution in [0.25, 0.3) is 5.69 Å². The van der Waals surface area contributed by atoms with Crippen LogP contribution in [-0.2, 0) is 12.5 Å². The van der Waals surface area contributed by atoms with Gasteiger partial charge in [0.1, 0.15) is 5.75 Å². The van der Waals surface area contributed by atoms with Crippen LogP contribution in [0.2, 0.25) is 0 Å². The van der Waals surface area contributed by atoms with E-state index in [1.807, 2.05) is 12.1 Å². The van der Waals surface area contributed by atoms with Gasteiger partial charge in [0.2, 0.25) is 0 Å². The van der Waals surface area contributed by atoms with Crippen LogP contribution in [0.15, 0.2) is 23.0 Å². The zero-order valence-electron chi connectivity index (χ0n) is 11.8. The average molecular weight is 262 g/mol. The Bertz CT molecular complexity index is 649. The Labute approximate surface area is 111 Å². The number of aromatic nitrogens is 4. The third-order valence-electron chi connectivity index (χ3n) is 2.96. The third-order valence-corrected chi connectivity index (χ3v) is 2.96. The van der Waals surface area contributed by atoms with Crippen LogP contribution in [0.3, 0.4) is 0 Å². The van der Waals surface area contributed by atoms with Gasteiger partial charge in [0.15, 0.2) is 0 Å². The molecule has 2 rings (SSSR count). The van der Waals surface area contributed by atoms with E-state index in [1.54, 1.807) is 20.2 Å². The second-order valence-corrected chi connectivity index (χ2v) is 5.47. The first kappa shape index (κ1) is 13.3. The highest BCUT2D eigenvalue weighted by Crippen LogP contribution is 2.28. The first-order chi connectivity index (χ1) is 8.82. The molecule has 1 aromatic heterocycles. The summed E-state index contributed by atoms with van der Waals surface area (Å²) in [5.74, 6) is 0.694. The number of benzene rings is 1. The highest BCUT2D eigenvalue weighted by atomic mass is 16.5. The third kappa shape index (κ3) is 2.52. The van der Waals surface area contributed by atoms with E-state index in [0.29, 0.717) is 11.4 Å². The van der Waals surface area contributed by atoms with Crippen LogP contribution >= 0.6 is 0 Å². The summed E-state index contributed by atoms with van der Waals surface area (Å²) in [7, 11) is 3.17. The minimum absolute atomic E-state index is 0.0465. The summed E-state index contributed by atoms with van der Waals surface area (Å²) in [6, 6.07) is 5.66. The molecule has 0 amide bonds. The molecule has 6 nitrogen and oxygen atoms in total. The monoisotopic (exact) mass is 262 g/mol. The van der Waals surface area contributed by atoms with Gasteiger partial charge in [-0.05, 0) is 33.5 Å². The largest absolute Gasteiger partial charge is 0.497 e. The van der Waals surface area contributed by atoms with Crippen LogP contribution in [0.5, 0.6) is 5.75 Å². The minimum atomic E-state index is -0.284. The summed E-state index contributed by atoms with van der Waals surface area (Å²) in [5.41, 5.74) is 1.39. The predicted octanol–water partition coefficient (Wildman–Crippen LogP) is 1.27. The van der Waals surface area contributed by atoms with E-state index in [4.69, 9.17) is 4.74 Å². The molecular formula is C13H18N4O2. The zero-order valence-corrected chi connectivity index (χ0v) is 11.8. The summed E-state index contributed by atoms with van der Waals surface area (Å²) in [6.07, 6.45) is 0. The fourth-order valence-electron chi connectivity index (χ4n) is 1.73. The Morgan fingerprint density at radius 1 is 1.16 bits per heavy atom. The molecule has 0 N–H and O–H groups in total. The van der Waals surface area contributed by atoms with Gasteiger partial charge in [0.05, 0.1) is 12.8 Å². The van der Waals surface area contributed by atoms with Crippen molar-refractivity contribution in [3.8, 4) is 11.4 Å². The van der Waals surface area contributed by atoms with Gasteiger partial charge in [-0.2, -0.15) is 9.36 Å². The first-order valence-corrected chi connectivity index (χ1v) is 6.02. The van der Waals surface area contributed by atoms with Gasteiger partial charge in [-0.3, -0.25) is 0 Å². The maximum absolute atomic E-state index is 11.9. The van der Waals surface area contributed by atoms with Crippen LogP contribution < -0.4 is 10.4 Å². The van der Waals surface area contributed by atoms with Crippen LogP contribution in [0.4, 0.5) is 0 Å². The standard InChI is InChI=1S/C13H18N4O2/c1-13(2,3)9-6-10(8-11(7-9)19-5)17-12(18)16(4)14-15-17/h6-8H,1-5H3. The van der Waals surface area contributed by atoms with Crippen molar-refractivity contribution in [3.05, 3.63) is 34.2 Å². The van der Waals surface area contributed by atoms with E-state index in [2.05, 4.69) is 31.2 Å². The normalized spacial score (nSPS) is 11.6. The predicted molar refractivity (Wildman–Crippen MR) is 71.9 cm³/mol. The minimum Gasteiger partial charge on any atom is -0.497 e. The Morgan fingerprint density at radius 3 is 2.32 bits per heavy atom. The lowest BCUT2D eigenvalue weighted by Gasteiger charge is -2.20. The smallest absolute Gasteiger partial charge is 0.368 e. The van der Waals surface area contributed by atoms with Crippen molar-refractivity contribution in [2.75, 3.05) is 7.11 Å². The topological polar surface area (TPSA) is 61.9 Å². The van der Waals surface area contributed by atoms with E-state index in [1.165, 1.54) is 9.36 Å². The van der Waals surface area contributed by atoms with Gasteiger partial charge >= 0.3 is 5.69 Å². The molecule has 6 heteroatoms. The van der Waals surface area contributed by atoms with Crippen molar-refractivity contribution in [1.82, 2.24) is 19.8 Å². The van der Waals surface area contributed by atoms with Crippen molar-refractivity contribution in [2.24, 2.45) is 7.05 Å². The lowest BCUT2D eigenvalue weighted by atomic mass is 9.86. The molecule has 0 radical (unpaired) electrons. The number of tetrazole rings is 1. The highest BCUT2D eigenvalue weighted by Gasteiger charge is 2.17. The molecule has 0 bridgehead atoms. The summed E-state index contributed by atoms with van der Waals surface area (Å²) in [6.45, 7) is 6.31. The lowest BCUT2D eigenvalue weighted by Crippen LogP contribution is -2.22. The van der Waals surface area contributed by atoms with Gasteiger partial charge in [0.25, 0.3) is 0 Å². The maximum atomic E-state index is 11.9. The van der Waals surface area contributed by atoms with E-state index < -0.39 is 0 Å². The molecule has 1 heterocycles. The van der Waals surface area contributed by atoms with Crippen molar-refractivity contribution in [1.29, 1.82) is 0 Å².